The number of hydrogen-bond donors (Lipinski definition) is 1. The van der Waals surface area contributed by atoms with Crippen LogP contribution in [0.15, 0.2) is 12.1 Å². The molecule has 1 heterocycles. The molecule has 0 atom stereocenters. The standard InChI is InChI=1S/C6H5F3N2/c7-5(8)3-1-2-4(10)11-6(3)9/h1-2,5H,(H2,10,11). The second kappa shape index (κ2) is 2.77. The van der Waals surface area contributed by atoms with Crippen molar-refractivity contribution < 1.29 is 13.2 Å². The van der Waals surface area contributed by atoms with Crippen molar-refractivity contribution in [3.63, 3.8) is 0 Å². The smallest absolute Gasteiger partial charge is 0.268 e. The number of hydrogen-bond acceptors (Lipinski definition) is 2. The molecule has 0 aliphatic carbocycles. The molecule has 0 saturated carbocycles. The monoisotopic (exact) mass is 162 g/mol. The quantitative estimate of drug-likeness (QED) is 0.639. The Labute approximate surface area is 60.9 Å². The number of anilines is 1. The number of nitrogens with two attached hydrogens (primary N) is 1. The number of aromatic nitrogens is 1. The first kappa shape index (κ1) is 7.84. The van der Waals surface area contributed by atoms with E-state index in [0.29, 0.717) is 0 Å². The summed E-state index contributed by atoms with van der Waals surface area (Å²) >= 11 is 0. The van der Waals surface area contributed by atoms with E-state index in [4.69, 9.17) is 5.73 Å². The zero-order valence-corrected chi connectivity index (χ0v) is 5.39. The van der Waals surface area contributed by atoms with Crippen LogP contribution in [0.1, 0.15) is 12.0 Å². The van der Waals surface area contributed by atoms with Gasteiger partial charge in [0, 0.05) is 0 Å². The average molecular weight is 162 g/mol. The summed E-state index contributed by atoms with van der Waals surface area (Å²) < 4.78 is 36.1. The Morgan fingerprint density at radius 3 is 2.45 bits per heavy atom. The predicted octanol–water partition coefficient (Wildman–Crippen LogP) is 1.74. The van der Waals surface area contributed by atoms with Gasteiger partial charge in [-0.25, -0.2) is 13.8 Å². The van der Waals surface area contributed by atoms with Crippen LogP contribution in [0.4, 0.5) is 19.0 Å². The van der Waals surface area contributed by atoms with Gasteiger partial charge in [-0.15, -0.1) is 0 Å². The van der Waals surface area contributed by atoms with Crippen LogP contribution in [0.5, 0.6) is 0 Å². The highest BCUT2D eigenvalue weighted by atomic mass is 19.3. The lowest BCUT2D eigenvalue weighted by Gasteiger charge is -1.99. The van der Waals surface area contributed by atoms with Crippen LogP contribution < -0.4 is 5.73 Å². The molecular formula is C6H5F3N2. The van der Waals surface area contributed by atoms with Crippen molar-refractivity contribution >= 4 is 5.82 Å². The van der Waals surface area contributed by atoms with E-state index < -0.39 is 17.9 Å². The van der Waals surface area contributed by atoms with Crippen LogP contribution in [-0.4, -0.2) is 4.98 Å². The van der Waals surface area contributed by atoms with Gasteiger partial charge in [-0.05, 0) is 12.1 Å². The minimum Gasteiger partial charge on any atom is -0.384 e. The maximum Gasteiger partial charge on any atom is 0.268 e. The lowest BCUT2D eigenvalue weighted by molar-refractivity contribution is 0.145. The molecule has 0 saturated heterocycles. The van der Waals surface area contributed by atoms with Crippen molar-refractivity contribution in [3.8, 4) is 0 Å². The number of pyridine rings is 1. The Bertz CT molecular complexity index is 262. The van der Waals surface area contributed by atoms with E-state index in [1.54, 1.807) is 0 Å². The Hall–Kier alpha value is -1.26. The molecular weight excluding hydrogens is 157 g/mol. The third-order valence-corrected chi connectivity index (χ3v) is 1.13. The van der Waals surface area contributed by atoms with Gasteiger partial charge in [-0.3, -0.25) is 0 Å². The van der Waals surface area contributed by atoms with E-state index in [1.807, 2.05) is 0 Å². The molecule has 2 N–H and O–H groups in total. The molecule has 0 radical (unpaired) electrons. The van der Waals surface area contributed by atoms with E-state index >= 15 is 0 Å². The second-order valence-corrected chi connectivity index (χ2v) is 1.92. The Morgan fingerprint density at radius 1 is 1.36 bits per heavy atom. The van der Waals surface area contributed by atoms with Crippen molar-refractivity contribution in [1.82, 2.24) is 4.98 Å². The Morgan fingerprint density at radius 2 is 2.00 bits per heavy atom. The Balaban J connectivity index is 3.09. The fraction of sp³-hybridized carbons (Fsp3) is 0.167. The van der Waals surface area contributed by atoms with E-state index in [9.17, 15) is 13.2 Å². The highest BCUT2D eigenvalue weighted by Gasteiger charge is 2.13. The summed E-state index contributed by atoms with van der Waals surface area (Å²) in [7, 11) is 0. The highest BCUT2D eigenvalue weighted by Crippen LogP contribution is 2.20. The fourth-order valence-corrected chi connectivity index (χ4v) is 0.622. The third kappa shape index (κ3) is 1.60. The lowest BCUT2D eigenvalue weighted by atomic mass is 10.3. The summed E-state index contributed by atoms with van der Waals surface area (Å²) in [6, 6.07) is 2.05. The molecule has 0 bridgehead atoms. The van der Waals surface area contributed by atoms with Gasteiger partial charge in [0.2, 0.25) is 5.95 Å². The molecule has 0 fully saturated rings. The molecule has 0 spiro atoms. The van der Waals surface area contributed by atoms with Crippen LogP contribution in [0.2, 0.25) is 0 Å². The van der Waals surface area contributed by atoms with Crippen LogP contribution >= 0.6 is 0 Å². The number of alkyl halides is 2. The van der Waals surface area contributed by atoms with Crippen LogP contribution in [0.25, 0.3) is 0 Å². The molecule has 0 aliphatic rings. The number of nitrogens with zero attached hydrogens (tertiary/aromatic N) is 1. The van der Waals surface area contributed by atoms with Crippen molar-refractivity contribution in [2.24, 2.45) is 0 Å². The summed E-state index contributed by atoms with van der Waals surface area (Å²) in [6.45, 7) is 0. The fourth-order valence-electron chi connectivity index (χ4n) is 0.622. The topological polar surface area (TPSA) is 38.9 Å². The molecule has 11 heavy (non-hydrogen) atoms. The highest BCUT2D eigenvalue weighted by molar-refractivity contribution is 5.30. The van der Waals surface area contributed by atoms with Crippen molar-refractivity contribution in [3.05, 3.63) is 23.6 Å². The van der Waals surface area contributed by atoms with Gasteiger partial charge >= 0.3 is 0 Å². The van der Waals surface area contributed by atoms with Gasteiger partial charge in [0.1, 0.15) is 5.82 Å². The zero-order chi connectivity index (χ0) is 8.43. The van der Waals surface area contributed by atoms with E-state index in [1.165, 1.54) is 0 Å². The first-order valence-corrected chi connectivity index (χ1v) is 2.81. The SMILES string of the molecule is Nc1ccc(C(F)F)c(F)n1. The molecule has 0 aromatic carbocycles. The summed E-state index contributed by atoms with van der Waals surface area (Å²) in [5.41, 5.74) is 4.31. The Kier molecular flexibility index (Phi) is 1.98. The van der Waals surface area contributed by atoms with Gasteiger partial charge in [0.25, 0.3) is 6.43 Å². The zero-order valence-electron chi connectivity index (χ0n) is 5.39. The predicted molar refractivity (Wildman–Crippen MR) is 33.6 cm³/mol. The third-order valence-electron chi connectivity index (χ3n) is 1.13. The number of halogens is 3. The molecule has 1 aromatic heterocycles. The van der Waals surface area contributed by atoms with Crippen LogP contribution in [-0.2, 0) is 0 Å². The largest absolute Gasteiger partial charge is 0.384 e. The van der Waals surface area contributed by atoms with E-state index in [0.717, 1.165) is 12.1 Å². The lowest BCUT2D eigenvalue weighted by Crippen LogP contribution is -1.98. The molecule has 0 amide bonds. The molecule has 5 heteroatoms. The van der Waals surface area contributed by atoms with E-state index in [2.05, 4.69) is 4.98 Å². The molecule has 1 rings (SSSR count). The van der Waals surface area contributed by atoms with Crippen LogP contribution in [0.3, 0.4) is 0 Å². The molecule has 1 aromatic rings. The summed E-state index contributed by atoms with van der Waals surface area (Å²) in [5.74, 6) is -1.31. The minimum atomic E-state index is -2.84. The minimum absolute atomic E-state index is 0.105. The number of rotatable bonds is 1. The van der Waals surface area contributed by atoms with E-state index in [-0.39, 0.29) is 5.82 Å². The van der Waals surface area contributed by atoms with Crippen molar-refractivity contribution in [2.75, 3.05) is 5.73 Å². The summed E-state index contributed by atoms with van der Waals surface area (Å²) in [4.78, 5) is 3.03. The summed E-state index contributed by atoms with van der Waals surface area (Å²) in [6.07, 6.45) is -2.84. The normalized spacial score (nSPS) is 10.5. The maximum absolute atomic E-state index is 12.4. The molecule has 0 unspecified atom stereocenters. The maximum atomic E-state index is 12.4. The van der Waals surface area contributed by atoms with Gasteiger partial charge in [0.05, 0.1) is 5.56 Å². The number of nitrogen functional groups attached to an aromatic ring is 1. The van der Waals surface area contributed by atoms with Gasteiger partial charge in [-0.2, -0.15) is 4.39 Å². The van der Waals surface area contributed by atoms with Gasteiger partial charge in [-0.1, -0.05) is 0 Å². The first-order chi connectivity index (χ1) is 5.11. The van der Waals surface area contributed by atoms with Crippen molar-refractivity contribution in [2.45, 2.75) is 6.43 Å². The molecule has 2 nitrogen and oxygen atoms in total. The summed E-state index contributed by atoms with van der Waals surface area (Å²) in [5, 5.41) is 0. The first-order valence-electron chi connectivity index (χ1n) is 2.81. The van der Waals surface area contributed by atoms with Crippen LogP contribution in [0, 0.1) is 5.95 Å². The van der Waals surface area contributed by atoms with Gasteiger partial charge < -0.3 is 5.73 Å². The van der Waals surface area contributed by atoms with Gasteiger partial charge in [0.15, 0.2) is 0 Å². The second-order valence-electron chi connectivity index (χ2n) is 1.92. The van der Waals surface area contributed by atoms with Crippen molar-refractivity contribution in [1.29, 1.82) is 0 Å². The molecule has 0 aliphatic heterocycles. The molecule has 60 valence electrons. The average Bonchev–Trinajstić information content (AvgIpc) is 1.85.